The maximum atomic E-state index is 12.9. The molecule has 1 aliphatic heterocycles. The van der Waals surface area contributed by atoms with Crippen molar-refractivity contribution in [1.82, 2.24) is 9.88 Å². The van der Waals surface area contributed by atoms with Crippen molar-refractivity contribution >= 4 is 22.9 Å². The van der Waals surface area contributed by atoms with E-state index in [1.807, 2.05) is 47.5 Å². The normalized spacial score (nSPS) is 14.1. The quantitative estimate of drug-likeness (QED) is 0.696. The van der Waals surface area contributed by atoms with E-state index in [2.05, 4.69) is 9.88 Å². The molecule has 2 aromatic carbocycles. The predicted molar refractivity (Wildman–Crippen MR) is 114 cm³/mol. The second-order valence-electron chi connectivity index (χ2n) is 6.97. The number of rotatable bonds is 5. The third-order valence-corrected chi connectivity index (χ3v) is 5.72. The van der Waals surface area contributed by atoms with E-state index in [1.54, 1.807) is 29.5 Å². The summed E-state index contributed by atoms with van der Waals surface area (Å²) in [7, 11) is 0. The molecule has 0 unspecified atom stereocenters. The highest BCUT2D eigenvalue weighted by Gasteiger charge is 2.22. The van der Waals surface area contributed by atoms with Gasteiger partial charge in [0.1, 0.15) is 18.1 Å². The van der Waals surface area contributed by atoms with E-state index in [1.165, 1.54) is 0 Å². The molecule has 1 aromatic heterocycles. The highest BCUT2D eigenvalue weighted by Crippen LogP contribution is 2.22. The number of carbonyl (C=O) groups is 1. The van der Waals surface area contributed by atoms with Crippen molar-refractivity contribution in [2.75, 3.05) is 31.1 Å². The molecular formula is C22H23N3O3S. The maximum Gasteiger partial charge on any atom is 0.254 e. The van der Waals surface area contributed by atoms with E-state index in [-0.39, 0.29) is 11.7 Å². The lowest BCUT2D eigenvalue weighted by atomic mass is 10.1. The van der Waals surface area contributed by atoms with Crippen LogP contribution in [0.4, 0.5) is 5.69 Å². The molecule has 1 fully saturated rings. The first-order valence-electron chi connectivity index (χ1n) is 9.55. The number of hydrogen-bond donors (Lipinski definition) is 1. The maximum absolute atomic E-state index is 12.9. The van der Waals surface area contributed by atoms with Crippen LogP contribution in [0.2, 0.25) is 0 Å². The lowest BCUT2D eigenvalue weighted by Crippen LogP contribution is -2.48. The minimum atomic E-state index is 0.00973. The average Bonchev–Trinajstić information content (AvgIpc) is 3.17. The Bertz CT molecular complexity index is 996. The standard InChI is InChI=1S/C22H23N3O3S/c1-16-23-18(15-29-16)14-28-21-7-2-4-17(12-21)22(27)25-10-8-24(9-11-25)19-5-3-6-20(26)13-19/h2-7,12-13,15,26H,8-11,14H2,1H3. The molecule has 150 valence electrons. The predicted octanol–water partition coefficient (Wildman–Crippen LogP) is 3.70. The number of benzene rings is 2. The molecule has 0 bridgehead atoms. The second kappa shape index (κ2) is 8.53. The van der Waals surface area contributed by atoms with Crippen LogP contribution < -0.4 is 9.64 Å². The Kier molecular flexibility index (Phi) is 5.67. The molecule has 0 spiro atoms. The first kappa shape index (κ1) is 19.3. The number of phenols is 1. The summed E-state index contributed by atoms with van der Waals surface area (Å²) in [5.74, 6) is 0.932. The van der Waals surface area contributed by atoms with Gasteiger partial charge in [-0.1, -0.05) is 12.1 Å². The van der Waals surface area contributed by atoms with Crippen molar-refractivity contribution in [3.05, 3.63) is 70.2 Å². The average molecular weight is 410 g/mol. The zero-order valence-corrected chi connectivity index (χ0v) is 17.1. The molecule has 3 aromatic rings. The number of phenolic OH excluding ortho intramolecular Hbond substituents is 1. The number of aryl methyl sites for hydroxylation is 1. The number of piperazine rings is 1. The fourth-order valence-corrected chi connectivity index (χ4v) is 3.99. The monoisotopic (exact) mass is 409 g/mol. The second-order valence-corrected chi connectivity index (χ2v) is 8.04. The van der Waals surface area contributed by atoms with Crippen LogP contribution in [0.1, 0.15) is 21.1 Å². The van der Waals surface area contributed by atoms with E-state index in [0.717, 1.165) is 29.5 Å². The van der Waals surface area contributed by atoms with Gasteiger partial charge in [-0.2, -0.15) is 0 Å². The molecule has 0 radical (unpaired) electrons. The molecule has 1 N–H and O–H groups in total. The number of hydrogen-bond acceptors (Lipinski definition) is 6. The summed E-state index contributed by atoms with van der Waals surface area (Å²) in [6.45, 7) is 5.09. The van der Waals surface area contributed by atoms with Crippen LogP contribution in [0.5, 0.6) is 11.5 Å². The van der Waals surface area contributed by atoms with Crippen molar-refractivity contribution in [1.29, 1.82) is 0 Å². The third-order valence-electron chi connectivity index (χ3n) is 4.90. The van der Waals surface area contributed by atoms with Gasteiger partial charge in [-0.15, -0.1) is 11.3 Å². The van der Waals surface area contributed by atoms with Gasteiger partial charge >= 0.3 is 0 Å². The molecule has 0 aliphatic carbocycles. The van der Waals surface area contributed by atoms with E-state index in [9.17, 15) is 9.90 Å². The van der Waals surface area contributed by atoms with Gasteiger partial charge in [0.2, 0.25) is 0 Å². The number of aromatic hydroxyl groups is 1. The van der Waals surface area contributed by atoms with E-state index < -0.39 is 0 Å². The molecule has 2 heterocycles. The largest absolute Gasteiger partial charge is 0.508 e. The van der Waals surface area contributed by atoms with E-state index >= 15 is 0 Å². The molecule has 4 rings (SSSR count). The van der Waals surface area contributed by atoms with Gasteiger partial charge in [-0.3, -0.25) is 4.79 Å². The van der Waals surface area contributed by atoms with Crippen LogP contribution in [0.3, 0.4) is 0 Å². The fourth-order valence-electron chi connectivity index (χ4n) is 3.39. The van der Waals surface area contributed by atoms with Gasteiger partial charge in [0.15, 0.2) is 0 Å². The molecule has 29 heavy (non-hydrogen) atoms. The molecular weight excluding hydrogens is 386 g/mol. The number of anilines is 1. The van der Waals surface area contributed by atoms with Crippen LogP contribution in [0, 0.1) is 6.92 Å². The SMILES string of the molecule is Cc1nc(COc2cccc(C(=O)N3CCN(c4cccc(O)c4)CC3)c2)cs1. The van der Waals surface area contributed by atoms with Crippen LogP contribution in [-0.2, 0) is 6.61 Å². The number of carbonyl (C=O) groups excluding carboxylic acids is 1. The van der Waals surface area contributed by atoms with E-state index in [4.69, 9.17) is 4.74 Å². The number of amides is 1. The number of nitrogens with zero attached hydrogens (tertiary/aromatic N) is 3. The van der Waals surface area contributed by atoms with Gasteiger partial charge in [0, 0.05) is 48.9 Å². The van der Waals surface area contributed by atoms with Crippen molar-refractivity contribution < 1.29 is 14.6 Å². The Morgan fingerprint density at radius 3 is 2.66 bits per heavy atom. The van der Waals surface area contributed by atoms with Crippen molar-refractivity contribution in [3.8, 4) is 11.5 Å². The zero-order valence-electron chi connectivity index (χ0n) is 16.2. The van der Waals surface area contributed by atoms with Gasteiger partial charge in [-0.25, -0.2) is 4.98 Å². The summed E-state index contributed by atoms with van der Waals surface area (Å²) >= 11 is 1.60. The molecule has 0 saturated carbocycles. The van der Waals surface area contributed by atoms with E-state index in [0.29, 0.717) is 31.0 Å². The fraction of sp³-hybridized carbons (Fsp3) is 0.273. The van der Waals surface area contributed by atoms with Gasteiger partial charge in [0.05, 0.1) is 10.7 Å². The summed E-state index contributed by atoms with van der Waals surface area (Å²) < 4.78 is 5.81. The lowest BCUT2D eigenvalue weighted by molar-refractivity contribution is 0.0746. The number of thiazole rings is 1. The molecule has 7 heteroatoms. The Morgan fingerprint density at radius 2 is 1.93 bits per heavy atom. The van der Waals surface area contributed by atoms with Crippen molar-refractivity contribution in [3.63, 3.8) is 0 Å². The van der Waals surface area contributed by atoms with Crippen LogP contribution >= 0.6 is 11.3 Å². The van der Waals surface area contributed by atoms with Gasteiger partial charge in [-0.05, 0) is 37.3 Å². The van der Waals surface area contributed by atoms with Gasteiger partial charge < -0.3 is 19.6 Å². The molecule has 1 saturated heterocycles. The number of aromatic nitrogens is 1. The smallest absolute Gasteiger partial charge is 0.254 e. The third kappa shape index (κ3) is 4.68. The minimum Gasteiger partial charge on any atom is -0.508 e. The molecule has 1 amide bonds. The highest BCUT2D eigenvalue weighted by atomic mass is 32.1. The highest BCUT2D eigenvalue weighted by molar-refractivity contribution is 7.09. The molecule has 0 atom stereocenters. The van der Waals surface area contributed by atoms with Gasteiger partial charge in [0.25, 0.3) is 5.91 Å². The van der Waals surface area contributed by atoms with Crippen LogP contribution in [0.25, 0.3) is 0 Å². The van der Waals surface area contributed by atoms with Crippen LogP contribution in [-0.4, -0.2) is 47.1 Å². The van der Waals surface area contributed by atoms with Crippen LogP contribution in [0.15, 0.2) is 53.9 Å². The Balaban J connectivity index is 1.36. The Morgan fingerprint density at radius 1 is 1.14 bits per heavy atom. The summed E-state index contributed by atoms with van der Waals surface area (Å²) in [5, 5.41) is 12.7. The van der Waals surface area contributed by atoms with Crippen molar-refractivity contribution in [2.24, 2.45) is 0 Å². The summed E-state index contributed by atoms with van der Waals surface area (Å²) in [5.41, 5.74) is 2.50. The first-order chi connectivity index (χ1) is 14.1. The Labute approximate surface area is 174 Å². The zero-order chi connectivity index (χ0) is 20.2. The molecule has 6 nitrogen and oxygen atoms in total. The summed E-state index contributed by atoms with van der Waals surface area (Å²) in [6, 6.07) is 14.5. The molecule has 1 aliphatic rings. The number of ether oxygens (including phenoxy) is 1. The topological polar surface area (TPSA) is 65.9 Å². The summed E-state index contributed by atoms with van der Waals surface area (Å²) in [4.78, 5) is 21.4. The Hall–Kier alpha value is -3.06. The lowest BCUT2D eigenvalue weighted by Gasteiger charge is -2.36. The van der Waals surface area contributed by atoms with Crippen molar-refractivity contribution in [2.45, 2.75) is 13.5 Å². The minimum absolute atomic E-state index is 0.00973. The first-order valence-corrected chi connectivity index (χ1v) is 10.4. The summed E-state index contributed by atoms with van der Waals surface area (Å²) in [6.07, 6.45) is 0.